The fraction of sp³-hybridized carbons (Fsp3) is 1.00. The smallest absolute Gasteiger partial charge is 0.183 e. The number of hydrogen-bond acceptors (Lipinski definition) is 5. The SMILES string of the molecule is OCC1C[C@@H](O)[C@H](O)[C@@H](O)O1. The lowest BCUT2D eigenvalue weighted by atomic mass is 10.0. The van der Waals surface area contributed by atoms with Crippen molar-refractivity contribution in [2.75, 3.05) is 6.61 Å². The molecule has 0 aromatic carbocycles. The molecule has 4 atom stereocenters. The van der Waals surface area contributed by atoms with Gasteiger partial charge in [0.2, 0.25) is 0 Å². The van der Waals surface area contributed by atoms with Crippen LogP contribution < -0.4 is 0 Å². The normalized spacial score (nSPS) is 45.8. The minimum atomic E-state index is -1.39. The summed E-state index contributed by atoms with van der Waals surface area (Å²) in [6.07, 6.45) is -4.11. The van der Waals surface area contributed by atoms with Crippen molar-refractivity contribution in [2.24, 2.45) is 0 Å². The van der Waals surface area contributed by atoms with Gasteiger partial charge in [0.15, 0.2) is 6.29 Å². The third-order valence-electron chi connectivity index (χ3n) is 1.73. The van der Waals surface area contributed by atoms with Crippen molar-refractivity contribution in [1.29, 1.82) is 0 Å². The highest BCUT2D eigenvalue weighted by Crippen LogP contribution is 2.17. The molecule has 1 aliphatic rings. The second-order valence-corrected chi connectivity index (χ2v) is 2.62. The van der Waals surface area contributed by atoms with Gasteiger partial charge in [0.25, 0.3) is 0 Å². The van der Waals surface area contributed by atoms with Gasteiger partial charge in [0.1, 0.15) is 6.10 Å². The summed E-state index contributed by atoms with van der Waals surface area (Å²) in [6, 6.07) is 0. The van der Waals surface area contributed by atoms with Gasteiger partial charge in [-0.05, 0) is 0 Å². The van der Waals surface area contributed by atoms with Crippen molar-refractivity contribution in [3.8, 4) is 0 Å². The first-order chi connectivity index (χ1) is 5.15. The first-order valence-electron chi connectivity index (χ1n) is 3.45. The standard InChI is InChI=1S/C6H12O5/c7-2-3-1-4(8)5(9)6(10)11-3/h3-10H,1-2H2/t3?,4-,5+,6+/m1/s1. The molecule has 0 radical (unpaired) electrons. The molecule has 0 spiro atoms. The van der Waals surface area contributed by atoms with E-state index in [4.69, 9.17) is 25.2 Å². The summed E-state index contributed by atoms with van der Waals surface area (Å²) in [5.74, 6) is 0. The van der Waals surface area contributed by atoms with Crippen LogP contribution in [-0.2, 0) is 4.74 Å². The number of aliphatic hydroxyl groups excluding tert-OH is 4. The fourth-order valence-electron chi connectivity index (χ4n) is 1.05. The van der Waals surface area contributed by atoms with Crippen LogP contribution in [0.15, 0.2) is 0 Å². The average Bonchev–Trinajstić information content (AvgIpc) is 1.99. The molecular weight excluding hydrogens is 152 g/mol. The van der Waals surface area contributed by atoms with E-state index in [2.05, 4.69) is 0 Å². The zero-order chi connectivity index (χ0) is 8.43. The number of ether oxygens (including phenoxy) is 1. The largest absolute Gasteiger partial charge is 0.394 e. The first-order valence-corrected chi connectivity index (χ1v) is 3.45. The van der Waals surface area contributed by atoms with Crippen LogP contribution in [-0.4, -0.2) is 51.6 Å². The molecule has 66 valence electrons. The Kier molecular flexibility index (Phi) is 2.80. The van der Waals surface area contributed by atoms with Crippen molar-refractivity contribution in [3.05, 3.63) is 0 Å². The minimum absolute atomic E-state index is 0.148. The monoisotopic (exact) mass is 164 g/mol. The van der Waals surface area contributed by atoms with Crippen molar-refractivity contribution in [3.63, 3.8) is 0 Å². The average molecular weight is 164 g/mol. The van der Waals surface area contributed by atoms with Gasteiger partial charge in [-0.1, -0.05) is 0 Å². The lowest BCUT2D eigenvalue weighted by Gasteiger charge is -2.33. The van der Waals surface area contributed by atoms with Gasteiger partial charge in [-0.3, -0.25) is 0 Å². The van der Waals surface area contributed by atoms with Gasteiger partial charge < -0.3 is 25.2 Å². The highest BCUT2D eigenvalue weighted by Gasteiger charge is 2.34. The molecule has 0 bridgehead atoms. The van der Waals surface area contributed by atoms with Gasteiger partial charge in [-0.25, -0.2) is 0 Å². The van der Waals surface area contributed by atoms with Gasteiger partial charge in [-0.2, -0.15) is 0 Å². The van der Waals surface area contributed by atoms with Crippen molar-refractivity contribution < 1.29 is 25.2 Å². The predicted octanol–water partition coefficient (Wildman–Crippen LogP) is -2.19. The van der Waals surface area contributed by atoms with Crippen molar-refractivity contribution in [2.45, 2.75) is 31.0 Å². The Hall–Kier alpha value is -0.200. The molecule has 1 unspecified atom stereocenters. The Morgan fingerprint density at radius 2 is 1.91 bits per heavy atom. The Balaban J connectivity index is 2.47. The van der Waals surface area contributed by atoms with Crippen LogP contribution >= 0.6 is 0 Å². The Morgan fingerprint density at radius 1 is 1.27 bits per heavy atom. The molecule has 4 N–H and O–H groups in total. The molecule has 1 fully saturated rings. The van der Waals surface area contributed by atoms with E-state index < -0.39 is 24.6 Å². The van der Waals surface area contributed by atoms with E-state index in [-0.39, 0.29) is 13.0 Å². The molecule has 0 amide bonds. The second-order valence-electron chi connectivity index (χ2n) is 2.62. The third-order valence-corrected chi connectivity index (χ3v) is 1.73. The number of rotatable bonds is 1. The van der Waals surface area contributed by atoms with Crippen molar-refractivity contribution in [1.82, 2.24) is 0 Å². The second kappa shape index (κ2) is 3.46. The van der Waals surface area contributed by atoms with Crippen LogP contribution in [0.4, 0.5) is 0 Å². The van der Waals surface area contributed by atoms with Gasteiger partial charge in [0, 0.05) is 6.42 Å². The molecule has 1 saturated heterocycles. The van der Waals surface area contributed by atoms with E-state index in [1.165, 1.54) is 0 Å². The van der Waals surface area contributed by atoms with E-state index in [0.717, 1.165) is 0 Å². The highest BCUT2D eigenvalue weighted by molar-refractivity contribution is 4.79. The van der Waals surface area contributed by atoms with Crippen LogP contribution in [0.3, 0.4) is 0 Å². The van der Waals surface area contributed by atoms with Crippen LogP contribution in [0.25, 0.3) is 0 Å². The first kappa shape index (κ1) is 8.89. The quantitative estimate of drug-likeness (QED) is 0.353. The zero-order valence-electron chi connectivity index (χ0n) is 5.92. The van der Waals surface area contributed by atoms with E-state index >= 15 is 0 Å². The lowest BCUT2D eigenvalue weighted by Crippen LogP contribution is -2.49. The van der Waals surface area contributed by atoms with Crippen LogP contribution in [0.2, 0.25) is 0 Å². The maximum Gasteiger partial charge on any atom is 0.183 e. The molecule has 5 heteroatoms. The van der Waals surface area contributed by atoms with Crippen LogP contribution in [0, 0.1) is 0 Å². The molecule has 0 aliphatic carbocycles. The molecule has 1 rings (SSSR count). The molecule has 0 aromatic heterocycles. The van der Waals surface area contributed by atoms with E-state index in [0.29, 0.717) is 0 Å². The predicted molar refractivity (Wildman–Crippen MR) is 34.6 cm³/mol. The van der Waals surface area contributed by atoms with Gasteiger partial charge >= 0.3 is 0 Å². The Labute approximate surface area is 63.8 Å². The molecule has 0 saturated carbocycles. The summed E-state index contributed by atoms with van der Waals surface area (Å²) in [5, 5.41) is 35.5. The summed E-state index contributed by atoms with van der Waals surface area (Å²) >= 11 is 0. The molecule has 5 nitrogen and oxygen atoms in total. The van der Waals surface area contributed by atoms with Crippen LogP contribution in [0.1, 0.15) is 6.42 Å². The molecular formula is C6H12O5. The van der Waals surface area contributed by atoms with E-state index in [9.17, 15) is 0 Å². The van der Waals surface area contributed by atoms with E-state index in [1.54, 1.807) is 0 Å². The molecule has 1 aliphatic heterocycles. The highest BCUT2D eigenvalue weighted by atomic mass is 16.6. The minimum Gasteiger partial charge on any atom is -0.394 e. The molecule has 1 heterocycles. The van der Waals surface area contributed by atoms with Crippen LogP contribution in [0.5, 0.6) is 0 Å². The summed E-state index contributed by atoms with van der Waals surface area (Å²) in [6.45, 7) is -0.263. The summed E-state index contributed by atoms with van der Waals surface area (Å²) < 4.78 is 4.71. The summed E-state index contributed by atoms with van der Waals surface area (Å²) in [5.41, 5.74) is 0. The summed E-state index contributed by atoms with van der Waals surface area (Å²) in [4.78, 5) is 0. The number of aliphatic hydroxyl groups is 4. The third kappa shape index (κ3) is 1.88. The summed E-state index contributed by atoms with van der Waals surface area (Å²) in [7, 11) is 0. The Morgan fingerprint density at radius 3 is 2.36 bits per heavy atom. The molecule has 0 aromatic rings. The molecule has 11 heavy (non-hydrogen) atoms. The van der Waals surface area contributed by atoms with Gasteiger partial charge in [0.05, 0.1) is 18.8 Å². The Bertz CT molecular complexity index is 116. The lowest BCUT2D eigenvalue weighted by molar-refractivity contribution is -0.251. The topological polar surface area (TPSA) is 90.2 Å². The van der Waals surface area contributed by atoms with E-state index in [1.807, 2.05) is 0 Å². The number of hydrogen-bond donors (Lipinski definition) is 4. The fourth-order valence-corrected chi connectivity index (χ4v) is 1.05. The maximum atomic E-state index is 9.05. The van der Waals surface area contributed by atoms with Crippen molar-refractivity contribution >= 4 is 0 Å². The maximum absolute atomic E-state index is 9.05. The zero-order valence-corrected chi connectivity index (χ0v) is 5.92. The van der Waals surface area contributed by atoms with Gasteiger partial charge in [-0.15, -0.1) is 0 Å².